The first kappa shape index (κ1) is 23.4. The number of amides is 1. The fourth-order valence-corrected chi connectivity index (χ4v) is 7.72. The molecule has 1 saturated carbocycles. The van der Waals surface area contributed by atoms with Crippen LogP contribution in [-0.2, 0) is 11.3 Å². The number of nitrogens with zero attached hydrogens (tertiary/aromatic N) is 2. The molecule has 3 heterocycles. The van der Waals surface area contributed by atoms with Gasteiger partial charge in [-0.15, -0.1) is 0 Å². The normalized spacial score (nSPS) is 30.2. The highest BCUT2D eigenvalue weighted by molar-refractivity contribution is 9.10. The summed E-state index contributed by atoms with van der Waals surface area (Å²) < 4.78 is 12.2. The van der Waals surface area contributed by atoms with Crippen molar-refractivity contribution in [1.82, 2.24) is 9.80 Å². The van der Waals surface area contributed by atoms with Crippen molar-refractivity contribution < 1.29 is 14.3 Å². The van der Waals surface area contributed by atoms with E-state index in [0.717, 1.165) is 21.5 Å². The lowest BCUT2D eigenvalue weighted by atomic mass is 9.71. The van der Waals surface area contributed by atoms with Gasteiger partial charge in [0, 0.05) is 34.6 Å². The molecule has 0 spiro atoms. The Kier molecular flexibility index (Phi) is 5.88. The summed E-state index contributed by atoms with van der Waals surface area (Å²) in [6.45, 7) is 5.62. The number of likely N-dealkylation sites (tertiary alicyclic amines) is 2. The smallest absolute Gasteiger partial charge is 0.231 e. The number of carbonyl (C=O) groups is 1. The molecule has 2 aromatic rings. The van der Waals surface area contributed by atoms with Crippen LogP contribution in [0, 0.1) is 17.8 Å². The van der Waals surface area contributed by atoms with Crippen LogP contribution < -0.4 is 9.47 Å². The van der Waals surface area contributed by atoms with Gasteiger partial charge in [-0.1, -0.05) is 53.4 Å². The van der Waals surface area contributed by atoms with E-state index in [0.29, 0.717) is 24.3 Å². The molecule has 6 heteroatoms. The Morgan fingerprint density at radius 2 is 1.71 bits per heavy atom. The Morgan fingerprint density at radius 1 is 1.00 bits per heavy atom. The van der Waals surface area contributed by atoms with Gasteiger partial charge in [0.2, 0.25) is 12.7 Å². The van der Waals surface area contributed by atoms with Gasteiger partial charge in [0.25, 0.3) is 0 Å². The minimum Gasteiger partial charge on any atom is -0.454 e. The van der Waals surface area contributed by atoms with E-state index in [-0.39, 0.29) is 30.3 Å². The molecule has 4 atom stereocenters. The third-order valence-corrected chi connectivity index (χ3v) is 9.83. The van der Waals surface area contributed by atoms with Crippen molar-refractivity contribution in [2.75, 3.05) is 13.8 Å². The molecule has 1 amide bonds. The summed E-state index contributed by atoms with van der Waals surface area (Å²) in [5.74, 6) is 2.72. The average Bonchev–Trinajstić information content (AvgIpc) is 3.49. The monoisotopic (exact) mass is 538 g/mol. The van der Waals surface area contributed by atoms with Crippen LogP contribution in [0.5, 0.6) is 11.5 Å². The minimum absolute atomic E-state index is 0.0305. The average molecular weight is 540 g/mol. The molecule has 35 heavy (non-hydrogen) atoms. The molecule has 186 valence electrons. The van der Waals surface area contributed by atoms with Crippen molar-refractivity contribution in [1.29, 1.82) is 0 Å². The minimum atomic E-state index is -0.0795. The van der Waals surface area contributed by atoms with Crippen molar-refractivity contribution in [3.8, 4) is 11.5 Å². The fraction of sp³-hybridized carbons (Fsp3) is 0.552. The molecular weight excluding hydrogens is 504 g/mol. The number of fused-ring (bicyclic) bond motifs is 2. The molecule has 0 radical (unpaired) electrons. The fourth-order valence-electron chi connectivity index (χ4n) is 7.46. The Hall–Kier alpha value is -2.05. The number of rotatable bonds is 4. The second-order valence-corrected chi connectivity index (χ2v) is 12.3. The summed E-state index contributed by atoms with van der Waals surface area (Å²) in [7, 11) is 2.22. The predicted molar refractivity (Wildman–Crippen MR) is 139 cm³/mol. The highest BCUT2D eigenvalue weighted by Crippen LogP contribution is 2.58. The molecule has 0 aromatic heterocycles. The SMILES string of the molecule is CN1C(c2ccc(Br)cc2)C2C(=O)N(Cc3ccc4c(c3)OCO4)C(C3CCCCC3)C2C1(C)C. The number of halogens is 1. The van der Waals surface area contributed by atoms with Gasteiger partial charge in [0.05, 0.1) is 5.92 Å². The van der Waals surface area contributed by atoms with E-state index in [1.807, 2.05) is 6.07 Å². The van der Waals surface area contributed by atoms with E-state index in [9.17, 15) is 4.79 Å². The lowest BCUT2D eigenvalue weighted by molar-refractivity contribution is -0.135. The zero-order chi connectivity index (χ0) is 24.3. The second kappa shape index (κ2) is 8.81. The standard InChI is InChI=1S/C29H35BrN2O3/c1-29(2)25-24(26(31(29)3)20-10-12-21(30)13-11-20)28(33)32(27(25)19-7-5-4-6-8-19)16-18-9-14-22-23(15-18)35-17-34-22/h9-15,19,24-27H,4-8,16-17H2,1-3H3. The second-order valence-electron chi connectivity index (χ2n) is 11.4. The number of hydrogen-bond acceptors (Lipinski definition) is 4. The van der Waals surface area contributed by atoms with E-state index < -0.39 is 0 Å². The van der Waals surface area contributed by atoms with Gasteiger partial charge < -0.3 is 14.4 Å². The summed E-state index contributed by atoms with van der Waals surface area (Å²) in [6.07, 6.45) is 6.31. The highest BCUT2D eigenvalue weighted by Gasteiger charge is 2.65. The first-order valence-corrected chi connectivity index (χ1v) is 13.8. The van der Waals surface area contributed by atoms with Crippen molar-refractivity contribution >= 4 is 21.8 Å². The topological polar surface area (TPSA) is 42.0 Å². The van der Waals surface area contributed by atoms with E-state index >= 15 is 0 Å². The van der Waals surface area contributed by atoms with Gasteiger partial charge in [-0.05, 0) is 75.0 Å². The first-order chi connectivity index (χ1) is 16.9. The summed E-state index contributed by atoms with van der Waals surface area (Å²) in [5.41, 5.74) is 2.27. The first-order valence-electron chi connectivity index (χ1n) is 13.0. The molecular formula is C29H35BrN2O3. The molecule has 3 fully saturated rings. The summed E-state index contributed by atoms with van der Waals surface area (Å²) in [4.78, 5) is 19.1. The molecule has 6 rings (SSSR count). The van der Waals surface area contributed by atoms with Crippen LogP contribution in [0.3, 0.4) is 0 Å². The molecule has 0 N–H and O–H groups in total. The molecule has 5 nitrogen and oxygen atoms in total. The van der Waals surface area contributed by atoms with Gasteiger partial charge in [-0.25, -0.2) is 0 Å². The van der Waals surface area contributed by atoms with Gasteiger partial charge in [0.1, 0.15) is 0 Å². The molecule has 2 aromatic carbocycles. The maximum atomic E-state index is 14.4. The Morgan fingerprint density at radius 3 is 2.46 bits per heavy atom. The number of hydrogen-bond donors (Lipinski definition) is 0. The lowest BCUT2D eigenvalue weighted by Gasteiger charge is -2.44. The van der Waals surface area contributed by atoms with Crippen LogP contribution in [0.15, 0.2) is 46.9 Å². The van der Waals surface area contributed by atoms with Crippen LogP contribution in [-0.4, -0.2) is 41.1 Å². The maximum Gasteiger partial charge on any atom is 0.231 e. The maximum absolute atomic E-state index is 14.4. The van der Waals surface area contributed by atoms with E-state index in [1.54, 1.807) is 0 Å². The summed E-state index contributed by atoms with van der Waals surface area (Å²) >= 11 is 3.58. The third kappa shape index (κ3) is 3.79. The lowest BCUT2D eigenvalue weighted by Crippen LogP contribution is -2.51. The molecule has 4 unspecified atom stereocenters. The highest BCUT2D eigenvalue weighted by atomic mass is 79.9. The van der Waals surface area contributed by atoms with Crippen LogP contribution in [0.2, 0.25) is 0 Å². The largest absolute Gasteiger partial charge is 0.454 e. The number of ether oxygens (including phenoxy) is 2. The summed E-state index contributed by atoms with van der Waals surface area (Å²) in [6, 6.07) is 15.1. The Labute approximate surface area is 216 Å². The van der Waals surface area contributed by atoms with E-state index in [1.165, 1.54) is 37.7 Å². The summed E-state index contributed by atoms with van der Waals surface area (Å²) in [5, 5.41) is 0. The van der Waals surface area contributed by atoms with Crippen LogP contribution >= 0.6 is 15.9 Å². The van der Waals surface area contributed by atoms with Gasteiger partial charge in [0.15, 0.2) is 11.5 Å². The van der Waals surface area contributed by atoms with Gasteiger partial charge in [-0.3, -0.25) is 9.69 Å². The van der Waals surface area contributed by atoms with Crippen LogP contribution in [0.25, 0.3) is 0 Å². The molecule has 2 saturated heterocycles. The van der Waals surface area contributed by atoms with E-state index in [2.05, 4.69) is 83.0 Å². The van der Waals surface area contributed by atoms with Crippen molar-refractivity contribution in [2.45, 2.75) is 70.1 Å². The number of carbonyl (C=O) groups excluding carboxylic acids is 1. The van der Waals surface area contributed by atoms with Crippen LogP contribution in [0.1, 0.15) is 63.1 Å². The predicted octanol–water partition coefficient (Wildman–Crippen LogP) is 6.17. The molecule has 3 aliphatic heterocycles. The molecule has 0 bridgehead atoms. The van der Waals surface area contributed by atoms with Gasteiger partial charge >= 0.3 is 0 Å². The zero-order valence-corrected chi connectivity index (χ0v) is 22.5. The van der Waals surface area contributed by atoms with Crippen LogP contribution in [0.4, 0.5) is 0 Å². The molecule has 1 aliphatic carbocycles. The van der Waals surface area contributed by atoms with Crippen molar-refractivity contribution in [2.24, 2.45) is 17.8 Å². The Balaban J connectivity index is 1.40. The number of benzene rings is 2. The quantitative estimate of drug-likeness (QED) is 0.467. The van der Waals surface area contributed by atoms with Crippen molar-refractivity contribution in [3.05, 3.63) is 58.1 Å². The van der Waals surface area contributed by atoms with E-state index in [4.69, 9.17) is 9.47 Å². The van der Waals surface area contributed by atoms with Crippen molar-refractivity contribution in [3.63, 3.8) is 0 Å². The van der Waals surface area contributed by atoms with Gasteiger partial charge in [-0.2, -0.15) is 0 Å². The third-order valence-electron chi connectivity index (χ3n) is 9.30. The molecule has 4 aliphatic rings. The zero-order valence-electron chi connectivity index (χ0n) is 20.9. The Bertz CT molecular complexity index is 1110.